The molecule has 1 amide bonds. The van der Waals surface area contributed by atoms with Crippen LogP contribution in [0.4, 0.5) is 14.5 Å². The monoisotopic (exact) mass is 292 g/mol. The highest BCUT2D eigenvalue weighted by Crippen LogP contribution is 2.18. The highest BCUT2D eigenvalue weighted by atomic mass is 19.1. The van der Waals surface area contributed by atoms with E-state index in [-0.39, 0.29) is 17.7 Å². The van der Waals surface area contributed by atoms with Crippen molar-refractivity contribution < 1.29 is 18.3 Å². The molecule has 4 nitrogen and oxygen atoms in total. The maximum absolute atomic E-state index is 13.4. The van der Waals surface area contributed by atoms with Gasteiger partial charge in [0.05, 0.1) is 7.11 Å². The number of nitrogens with two attached hydrogens (primary N) is 1. The Kier molecular flexibility index (Phi) is 4.37. The van der Waals surface area contributed by atoms with Crippen LogP contribution in [0, 0.1) is 11.6 Å². The molecule has 6 heteroatoms. The molecular formula is C15H14F2N2O2. The van der Waals surface area contributed by atoms with E-state index < -0.39 is 17.5 Å². The first-order valence-corrected chi connectivity index (χ1v) is 6.16. The predicted molar refractivity (Wildman–Crippen MR) is 74.9 cm³/mol. The van der Waals surface area contributed by atoms with Crippen LogP contribution in [0.2, 0.25) is 0 Å². The largest absolute Gasteiger partial charge is 0.497 e. The van der Waals surface area contributed by atoms with Crippen LogP contribution in [0.25, 0.3) is 0 Å². The molecule has 21 heavy (non-hydrogen) atoms. The molecule has 0 bridgehead atoms. The first kappa shape index (κ1) is 14.8. The number of hydrogen-bond acceptors (Lipinski definition) is 3. The number of methoxy groups -OCH3 is 1. The van der Waals surface area contributed by atoms with Gasteiger partial charge in [0.15, 0.2) is 0 Å². The molecule has 0 aliphatic carbocycles. The van der Waals surface area contributed by atoms with Gasteiger partial charge in [0.25, 0.3) is 5.91 Å². The summed E-state index contributed by atoms with van der Waals surface area (Å²) in [5.74, 6) is -1.16. The van der Waals surface area contributed by atoms with Crippen LogP contribution in [0.1, 0.15) is 15.9 Å². The fourth-order valence-electron chi connectivity index (χ4n) is 1.83. The molecule has 2 rings (SSSR count). The zero-order valence-corrected chi connectivity index (χ0v) is 11.3. The van der Waals surface area contributed by atoms with Gasteiger partial charge in [-0.05, 0) is 30.3 Å². The molecule has 0 saturated carbocycles. The Labute approximate surface area is 120 Å². The van der Waals surface area contributed by atoms with Gasteiger partial charge in [0, 0.05) is 29.4 Å². The molecule has 2 aromatic rings. The highest BCUT2D eigenvalue weighted by molar-refractivity contribution is 5.95. The summed E-state index contributed by atoms with van der Waals surface area (Å²) in [7, 11) is 1.46. The number of carbonyl (C=O) groups excluding carboxylic acids is 1. The minimum absolute atomic E-state index is 0.0687. The fourth-order valence-corrected chi connectivity index (χ4v) is 1.83. The molecule has 0 aromatic heterocycles. The van der Waals surface area contributed by atoms with Crippen LogP contribution in [-0.4, -0.2) is 13.0 Å². The molecule has 0 unspecified atom stereocenters. The minimum Gasteiger partial charge on any atom is -0.497 e. The molecule has 3 N–H and O–H groups in total. The highest BCUT2D eigenvalue weighted by Gasteiger charge is 2.10. The Morgan fingerprint density at radius 1 is 1.24 bits per heavy atom. The Morgan fingerprint density at radius 3 is 2.71 bits per heavy atom. The molecule has 0 fully saturated rings. The van der Waals surface area contributed by atoms with Crippen LogP contribution >= 0.6 is 0 Å². The number of benzene rings is 2. The Balaban J connectivity index is 2.11. The fraction of sp³-hybridized carbons (Fsp3) is 0.133. The van der Waals surface area contributed by atoms with Gasteiger partial charge >= 0.3 is 0 Å². The van der Waals surface area contributed by atoms with Gasteiger partial charge in [-0.15, -0.1) is 0 Å². The van der Waals surface area contributed by atoms with Crippen LogP contribution in [0.15, 0.2) is 36.4 Å². The lowest BCUT2D eigenvalue weighted by molar-refractivity contribution is 0.0950. The topological polar surface area (TPSA) is 64.3 Å². The average Bonchev–Trinajstić information content (AvgIpc) is 2.47. The van der Waals surface area contributed by atoms with Gasteiger partial charge in [-0.3, -0.25) is 4.79 Å². The number of carbonyl (C=O) groups is 1. The van der Waals surface area contributed by atoms with E-state index in [4.69, 9.17) is 10.5 Å². The quantitative estimate of drug-likeness (QED) is 0.851. The van der Waals surface area contributed by atoms with Crippen molar-refractivity contribution in [3.63, 3.8) is 0 Å². The van der Waals surface area contributed by atoms with E-state index >= 15 is 0 Å². The maximum Gasteiger partial charge on any atom is 0.251 e. The Morgan fingerprint density at radius 2 is 2.00 bits per heavy atom. The number of hydrogen-bond donors (Lipinski definition) is 2. The number of amides is 1. The third-order valence-electron chi connectivity index (χ3n) is 2.87. The van der Waals surface area contributed by atoms with E-state index in [1.807, 2.05) is 0 Å². The van der Waals surface area contributed by atoms with Crippen molar-refractivity contribution in [3.8, 4) is 5.75 Å². The molecule has 110 valence electrons. The third-order valence-corrected chi connectivity index (χ3v) is 2.87. The van der Waals surface area contributed by atoms with Crippen molar-refractivity contribution >= 4 is 11.6 Å². The molecule has 2 aromatic carbocycles. The van der Waals surface area contributed by atoms with Crippen LogP contribution in [0.5, 0.6) is 5.75 Å². The Bertz CT molecular complexity index is 675. The summed E-state index contributed by atoms with van der Waals surface area (Å²) in [6.07, 6.45) is 0. The molecule has 0 spiro atoms. The summed E-state index contributed by atoms with van der Waals surface area (Å²) < 4.78 is 31.5. The molecule has 0 saturated heterocycles. The Hall–Kier alpha value is -2.63. The van der Waals surface area contributed by atoms with Crippen molar-refractivity contribution in [2.24, 2.45) is 0 Å². The SMILES string of the molecule is COc1cc(N)cc(C(=O)NCc2cc(F)ccc2F)c1. The second-order valence-corrected chi connectivity index (χ2v) is 4.41. The first-order valence-electron chi connectivity index (χ1n) is 6.16. The number of ether oxygens (including phenoxy) is 1. The maximum atomic E-state index is 13.4. The van der Waals surface area contributed by atoms with E-state index in [2.05, 4.69) is 5.32 Å². The molecule has 0 atom stereocenters. The summed E-state index contributed by atoms with van der Waals surface area (Å²) in [6.45, 7) is -0.125. The summed E-state index contributed by atoms with van der Waals surface area (Å²) in [5, 5.41) is 2.51. The summed E-state index contributed by atoms with van der Waals surface area (Å²) in [4.78, 5) is 12.0. The van der Waals surface area contributed by atoms with Crippen molar-refractivity contribution in [2.45, 2.75) is 6.54 Å². The lowest BCUT2D eigenvalue weighted by Crippen LogP contribution is -2.23. The minimum atomic E-state index is -0.582. The molecule has 0 aliphatic rings. The van der Waals surface area contributed by atoms with Crippen molar-refractivity contribution in [1.29, 1.82) is 0 Å². The lowest BCUT2D eigenvalue weighted by Gasteiger charge is -2.09. The van der Waals surface area contributed by atoms with E-state index in [0.29, 0.717) is 11.4 Å². The van der Waals surface area contributed by atoms with Crippen molar-refractivity contribution in [1.82, 2.24) is 5.32 Å². The van der Waals surface area contributed by atoms with Crippen molar-refractivity contribution in [2.75, 3.05) is 12.8 Å². The number of nitrogens with one attached hydrogen (secondary N) is 1. The number of rotatable bonds is 4. The average molecular weight is 292 g/mol. The summed E-state index contributed by atoms with van der Waals surface area (Å²) in [6, 6.07) is 7.62. The van der Waals surface area contributed by atoms with Crippen LogP contribution in [-0.2, 0) is 6.54 Å². The van der Waals surface area contributed by atoms with Gasteiger partial charge in [0.2, 0.25) is 0 Å². The van der Waals surface area contributed by atoms with Crippen LogP contribution in [0.3, 0.4) is 0 Å². The second-order valence-electron chi connectivity index (χ2n) is 4.41. The second kappa shape index (κ2) is 6.21. The third kappa shape index (κ3) is 3.68. The number of halogens is 2. The van der Waals surface area contributed by atoms with Crippen LogP contribution < -0.4 is 15.8 Å². The molecule has 0 radical (unpaired) electrons. The lowest BCUT2D eigenvalue weighted by atomic mass is 10.1. The predicted octanol–water partition coefficient (Wildman–Crippen LogP) is 2.49. The van der Waals surface area contributed by atoms with Gasteiger partial charge in [0.1, 0.15) is 17.4 Å². The molecule has 0 aliphatic heterocycles. The molecular weight excluding hydrogens is 278 g/mol. The number of nitrogen functional groups attached to an aromatic ring is 1. The summed E-state index contributed by atoms with van der Waals surface area (Å²) >= 11 is 0. The van der Waals surface area contributed by atoms with Gasteiger partial charge < -0.3 is 15.8 Å². The first-order chi connectivity index (χ1) is 9.99. The van der Waals surface area contributed by atoms with E-state index in [9.17, 15) is 13.6 Å². The van der Waals surface area contributed by atoms with E-state index in [0.717, 1.165) is 18.2 Å². The van der Waals surface area contributed by atoms with Gasteiger partial charge in [-0.25, -0.2) is 8.78 Å². The standard InChI is InChI=1S/C15H14F2N2O2/c1-21-13-6-9(5-12(18)7-13)15(20)19-8-10-4-11(16)2-3-14(10)17/h2-7H,8,18H2,1H3,(H,19,20). The normalized spacial score (nSPS) is 10.2. The summed E-state index contributed by atoms with van der Waals surface area (Å²) in [5.41, 5.74) is 6.38. The van der Waals surface area contributed by atoms with Gasteiger partial charge in [-0.1, -0.05) is 0 Å². The van der Waals surface area contributed by atoms with E-state index in [1.54, 1.807) is 6.07 Å². The van der Waals surface area contributed by atoms with Gasteiger partial charge in [-0.2, -0.15) is 0 Å². The van der Waals surface area contributed by atoms with E-state index in [1.165, 1.54) is 19.2 Å². The zero-order valence-electron chi connectivity index (χ0n) is 11.3. The smallest absolute Gasteiger partial charge is 0.251 e. The molecule has 0 heterocycles. The zero-order chi connectivity index (χ0) is 15.4. The number of anilines is 1. The van der Waals surface area contributed by atoms with Crippen molar-refractivity contribution in [3.05, 3.63) is 59.2 Å².